The summed E-state index contributed by atoms with van der Waals surface area (Å²) in [5, 5.41) is 15.7. The molecule has 0 aliphatic rings. The van der Waals surface area contributed by atoms with E-state index in [4.69, 9.17) is 5.73 Å². The van der Waals surface area contributed by atoms with E-state index in [9.17, 15) is 9.90 Å². The first kappa shape index (κ1) is 17.2. The van der Waals surface area contributed by atoms with Gasteiger partial charge in [-0.25, -0.2) is 9.97 Å². The summed E-state index contributed by atoms with van der Waals surface area (Å²) in [5.41, 5.74) is 5.90. The van der Waals surface area contributed by atoms with Crippen LogP contribution in [0.2, 0.25) is 0 Å². The van der Waals surface area contributed by atoms with Crippen molar-refractivity contribution in [2.45, 2.75) is 46.1 Å². The van der Waals surface area contributed by atoms with Crippen LogP contribution in [-0.2, 0) is 11.2 Å². The van der Waals surface area contributed by atoms with Crippen LogP contribution in [0.4, 0.5) is 11.6 Å². The molecule has 0 aromatic carbocycles. The Bertz CT molecular complexity index is 479. The molecule has 1 rings (SSSR count). The van der Waals surface area contributed by atoms with Crippen LogP contribution in [0.15, 0.2) is 0 Å². The maximum absolute atomic E-state index is 10.9. The first-order valence-corrected chi connectivity index (χ1v) is 7.32. The summed E-state index contributed by atoms with van der Waals surface area (Å²) in [4.78, 5) is 19.8. The van der Waals surface area contributed by atoms with Crippen molar-refractivity contribution in [3.63, 3.8) is 0 Å². The highest BCUT2D eigenvalue weighted by Crippen LogP contribution is 2.20. The zero-order valence-corrected chi connectivity index (χ0v) is 12.9. The average Bonchev–Trinajstić information content (AvgIpc) is 2.45. The second kappa shape index (κ2) is 8.41. The third-order valence-electron chi connectivity index (χ3n) is 3.00. The van der Waals surface area contributed by atoms with Gasteiger partial charge >= 0.3 is 0 Å². The highest BCUT2D eigenvalue weighted by molar-refractivity contribution is 5.79. The predicted octanol–water partition coefficient (Wildman–Crippen LogP) is 0.818. The number of anilines is 2. The molecule has 7 nitrogen and oxygen atoms in total. The van der Waals surface area contributed by atoms with Crippen molar-refractivity contribution in [3.8, 4) is 0 Å². The number of aromatic nitrogens is 2. The van der Waals surface area contributed by atoms with Gasteiger partial charge in [-0.2, -0.15) is 0 Å². The van der Waals surface area contributed by atoms with E-state index in [0.29, 0.717) is 5.82 Å². The van der Waals surface area contributed by atoms with Crippen LogP contribution in [0.3, 0.4) is 0 Å². The molecule has 1 atom stereocenters. The van der Waals surface area contributed by atoms with Gasteiger partial charge in [0, 0.05) is 18.5 Å². The van der Waals surface area contributed by atoms with Crippen molar-refractivity contribution in [1.29, 1.82) is 0 Å². The van der Waals surface area contributed by atoms with Crippen LogP contribution in [0.25, 0.3) is 0 Å². The zero-order chi connectivity index (χ0) is 15.8. The molecule has 1 unspecified atom stereocenters. The molecule has 1 amide bonds. The molecule has 0 spiro atoms. The van der Waals surface area contributed by atoms with Gasteiger partial charge in [-0.05, 0) is 19.8 Å². The van der Waals surface area contributed by atoms with Gasteiger partial charge in [0.1, 0.15) is 23.6 Å². The van der Waals surface area contributed by atoms with Gasteiger partial charge in [-0.15, -0.1) is 0 Å². The van der Waals surface area contributed by atoms with Gasteiger partial charge < -0.3 is 21.5 Å². The lowest BCUT2D eigenvalue weighted by Crippen LogP contribution is -2.34. The molecule has 1 heterocycles. The van der Waals surface area contributed by atoms with Crippen molar-refractivity contribution < 1.29 is 9.90 Å². The lowest BCUT2D eigenvalue weighted by atomic mass is 10.2. The van der Waals surface area contributed by atoms with E-state index in [2.05, 4.69) is 34.4 Å². The van der Waals surface area contributed by atoms with Crippen molar-refractivity contribution in [1.82, 2.24) is 9.97 Å². The fraction of sp³-hybridized carbons (Fsp3) is 0.643. The molecule has 0 radical (unpaired) electrons. The molecule has 0 aliphatic carbocycles. The van der Waals surface area contributed by atoms with E-state index in [1.54, 1.807) is 0 Å². The third kappa shape index (κ3) is 5.18. The number of nitrogens with zero attached hydrogens (tertiary/aromatic N) is 2. The molecule has 0 bridgehead atoms. The SMILES string of the molecule is CCCNc1nc(CCC)nc(NCC(O)C(N)=O)c1C. The molecule has 118 valence electrons. The van der Waals surface area contributed by atoms with E-state index < -0.39 is 12.0 Å². The number of nitrogens with two attached hydrogens (primary N) is 1. The predicted molar refractivity (Wildman–Crippen MR) is 83.2 cm³/mol. The number of amides is 1. The monoisotopic (exact) mass is 295 g/mol. The summed E-state index contributed by atoms with van der Waals surface area (Å²) in [6.45, 7) is 6.90. The summed E-state index contributed by atoms with van der Waals surface area (Å²) >= 11 is 0. The van der Waals surface area contributed by atoms with Crippen LogP contribution in [-0.4, -0.2) is 40.2 Å². The molecule has 7 heteroatoms. The minimum Gasteiger partial charge on any atom is -0.381 e. The summed E-state index contributed by atoms with van der Waals surface area (Å²) < 4.78 is 0. The van der Waals surface area contributed by atoms with Crippen LogP contribution in [0.5, 0.6) is 0 Å². The number of primary amides is 1. The molecule has 21 heavy (non-hydrogen) atoms. The van der Waals surface area contributed by atoms with Crippen molar-refractivity contribution >= 4 is 17.5 Å². The zero-order valence-electron chi connectivity index (χ0n) is 12.9. The van der Waals surface area contributed by atoms with Crippen molar-refractivity contribution in [3.05, 3.63) is 11.4 Å². The third-order valence-corrected chi connectivity index (χ3v) is 3.00. The van der Waals surface area contributed by atoms with Gasteiger partial charge in [0.25, 0.3) is 0 Å². The minimum absolute atomic E-state index is 0.0337. The second-order valence-corrected chi connectivity index (χ2v) is 4.94. The van der Waals surface area contributed by atoms with Crippen LogP contribution >= 0.6 is 0 Å². The Labute approximate surface area is 125 Å². The number of hydrogen-bond acceptors (Lipinski definition) is 6. The molecular weight excluding hydrogens is 270 g/mol. The summed E-state index contributed by atoms with van der Waals surface area (Å²) in [7, 11) is 0. The van der Waals surface area contributed by atoms with Gasteiger partial charge in [0.2, 0.25) is 5.91 Å². The molecular formula is C14H25N5O2. The average molecular weight is 295 g/mol. The van der Waals surface area contributed by atoms with E-state index >= 15 is 0 Å². The van der Waals surface area contributed by atoms with Gasteiger partial charge in [-0.3, -0.25) is 4.79 Å². The van der Waals surface area contributed by atoms with Gasteiger partial charge in [0.05, 0.1) is 6.54 Å². The van der Waals surface area contributed by atoms with Crippen molar-refractivity contribution in [2.75, 3.05) is 23.7 Å². The number of aryl methyl sites for hydroxylation is 1. The number of rotatable bonds is 9. The van der Waals surface area contributed by atoms with Crippen LogP contribution in [0.1, 0.15) is 38.1 Å². The van der Waals surface area contributed by atoms with E-state index in [1.807, 2.05) is 6.92 Å². The number of carbonyl (C=O) groups is 1. The molecule has 0 fully saturated rings. The smallest absolute Gasteiger partial charge is 0.248 e. The second-order valence-electron chi connectivity index (χ2n) is 4.94. The molecule has 5 N–H and O–H groups in total. The first-order valence-electron chi connectivity index (χ1n) is 7.32. The Kier molecular flexibility index (Phi) is 6.87. The van der Waals surface area contributed by atoms with Crippen LogP contribution in [0, 0.1) is 6.92 Å². The molecule has 0 saturated heterocycles. The van der Waals surface area contributed by atoms with E-state index in [-0.39, 0.29) is 6.54 Å². The van der Waals surface area contributed by atoms with Crippen molar-refractivity contribution in [2.24, 2.45) is 5.73 Å². The fourth-order valence-electron chi connectivity index (χ4n) is 1.78. The Morgan fingerprint density at radius 3 is 2.38 bits per heavy atom. The van der Waals surface area contributed by atoms with Gasteiger partial charge in [0.15, 0.2) is 0 Å². The number of aliphatic hydroxyl groups excluding tert-OH is 1. The first-order chi connectivity index (χ1) is 9.99. The van der Waals surface area contributed by atoms with Crippen LogP contribution < -0.4 is 16.4 Å². The van der Waals surface area contributed by atoms with E-state index in [1.165, 1.54) is 0 Å². The maximum atomic E-state index is 10.9. The normalized spacial score (nSPS) is 12.0. The van der Waals surface area contributed by atoms with E-state index in [0.717, 1.165) is 43.0 Å². The lowest BCUT2D eigenvalue weighted by Gasteiger charge is -2.16. The number of carbonyl (C=O) groups excluding carboxylic acids is 1. The Balaban J connectivity index is 2.93. The highest BCUT2D eigenvalue weighted by atomic mass is 16.3. The standard InChI is InChI=1S/C14H25N5O2/c1-4-6-11-18-13(16-7-5-2)9(3)14(19-11)17-8-10(20)12(15)21/h10,20H,4-8H2,1-3H3,(H2,15,21)(H2,16,17,18,19). The minimum atomic E-state index is -1.24. The Morgan fingerprint density at radius 2 is 1.86 bits per heavy atom. The number of hydrogen-bond donors (Lipinski definition) is 4. The largest absolute Gasteiger partial charge is 0.381 e. The summed E-state index contributed by atoms with van der Waals surface area (Å²) in [5.74, 6) is 1.38. The number of aliphatic hydroxyl groups is 1. The fourth-order valence-corrected chi connectivity index (χ4v) is 1.78. The maximum Gasteiger partial charge on any atom is 0.248 e. The quantitative estimate of drug-likeness (QED) is 0.536. The number of nitrogens with one attached hydrogen (secondary N) is 2. The molecule has 1 aromatic rings. The molecule has 1 aromatic heterocycles. The lowest BCUT2D eigenvalue weighted by molar-refractivity contribution is -0.125. The summed E-state index contributed by atoms with van der Waals surface area (Å²) in [6, 6.07) is 0. The Hall–Kier alpha value is -1.89. The topological polar surface area (TPSA) is 113 Å². The molecule has 0 aliphatic heterocycles. The summed E-state index contributed by atoms with van der Waals surface area (Å²) in [6.07, 6.45) is 1.48. The molecule has 0 saturated carbocycles. The Morgan fingerprint density at radius 1 is 1.24 bits per heavy atom. The van der Waals surface area contributed by atoms with Gasteiger partial charge in [-0.1, -0.05) is 13.8 Å². The highest BCUT2D eigenvalue weighted by Gasteiger charge is 2.14.